The van der Waals surface area contributed by atoms with Crippen molar-refractivity contribution in [2.24, 2.45) is 0 Å². The van der Waals surface area contributed by atoms with Crippen LogP contribution in [0.3, 0.4) is 0 Å². The van der Waals surface area contributed by atoms with Gasteiger partial charge < -0.3 is 15.2 Å². The zero-order valence-corrected chi connectivity index (χ0v) is 18.6. The van der Waals surface area contributed by atoms with Crippen LogP contribution < -0.4 is 10.1 Å². The van der Waals surface area contributed by atoms with Gasteiger partial charge in [0.15, 0.2) is 0 Å². The standard InChI is InChI=1S/C20H19N3O3S.C2HF3O2/c1-21-12-14-26-18-8-3-7-17-16(18)10-13-23(17)27(24,25)19-9-2-5-15-6-4-11-22-20(15)19;3-2(4,5)1(6)7/h2-11,13,21H,12,14H2,1H3;(H,6,7). The Morgan fingerprint density at radius 3 is 2.47 bits per heavy atom. The third-order valence-electron chi connectivity index (χ3n) is 4.64. The maximum absolute atomic E-state index is 13.4. The van der Waals surface area contributed by atoms with Gasteiger partial charge >= 0.3 is 12.1 Å². The molecule has 0 aliphatic carbocycles. The van der Waals surface area contributed by atoms with Crippen molar-refractivity contribution in [1.82, 2.24) is 14.3 Å². The number of carbonyl (C=O) groups is 1. The lowest BCUT2D eigenvalue weighted by Gasteiger charge is -2.11. The maximum Gasteiger partial charge on any atom is 0.490 e. The van der Waals surface area contributed by atoms with E-state index in [1.165, 1.54) is 3.97 Å². The summed E-state index contributed by atoms with van der Waals surface area (Å²) in [7, 11) is -1.95. The Morgan fingerprint density at radius 1 is 1.12 bits per heavy atom. The molecule has 0 unspecified atom stereocenters. The van der Waals surface area contributed by atoms with E-state index in [9.17, 15) is 21.6 Å². The van der Waals surface area contributed by atoms with Gasteiger partial charge in [0, 0.05) is 29.7 Å². The molecule has 0 saturated heterocycles. The number of nitrogens with one attached hydrogen (secondary N) is 1. The molecule has 0 bridgehead atoms. The number of likely N-dealkylation sites (N-methyl/N-ethyl adjacent to an activating group) is 1. The van der Waals surface area contributed by atoms with Crippen molar-refractivity contribution in [2.75, 3.05) is 20.2 Å². The quantitative estimate of drug-likeness (QED) is 0.393. The van der Waals surface area contributed by atoms with Gasteiger partial charge in [-0.2, -0.15) is 13.2 Å². The molecule has 0 aliphatic rings. The van der Waals surface area contributed by atoms with Gasteiger partial charge in [-0.25, -0.2) is 17.2 Å². The number of hydrogen-bond donors (Lipinski definition) is 2. The van der Waals surface area contributed by atoms with E-state index < -0.39 is 22.2 Å². The van der Waals surface area contributed by atoms with Crippen LogP contribution in [0.25, 0.3) is 21.8 Å². The number of alkyl halides is 3. The topological polar surface area (TPSA) is 111 Å². The highest BCUT2D eigenvalue weighted by Gasteiger charge is 2.38. The Labute approximate surface area is 192 Å². The molecule has 0 radical (unpaired) electrons. The summed E-state index contributed by atoms with van der Waals surface area (Å²) in [6.07, 6.45) is -1.92. The zero-order valence-electron chi connectivity index (χ0n) is 17.8. The lowest BCUT2D eigenvalue weighted by molar-refractivity contribution is -0.192. The number of aromatic nitrogens is 2. The van der Waals surface area contributed by atoms with Crippen LogP contribution in [0.5, 0.6) is 5.75 Å². The second-order valence-electron chi connectivity index (χ2n) is 6.89. The monoisotopic (exact) mass is 495 g/mol. The van der Waals surface area contributed by atoms with Crippen LogP contribution in [0.1, 0.15) is 0 Å². The lowest BCUT2D eigenvalue weighted by atomic mass is 10.2. The number of benzene rings is 2. The molecule has 0 spiro atoms. The molecular weight excluding hydrogens is 475 g/mol. The molecule has 8 nitrogen and oxygen atoms in total. The largest absolute Gasteiger partial charge is 0.492 e. The van der Waals surface area contributed by atoms with Gasteiger partial charge in [-0.3, -0.25) is 4.98 Å². The highest BCUT2D eigenvalue weighted by molar-refractivity contribution is 7.90. The summed E-state index contributed by atoms with van der Waals surface area (Å²) in [4.78, 5) is 13.4. The van der Waals surface area contributed by atoms with Crippen LogP contribution in [-0.4, -0.2) is 54.8 Å². The number of nitrogens with zero attached hydrogens (tertiary/aromatic N) is 2. The van der Waals surface area contributed by atoms with Crippen LogP contribution in [0.4, 0.5) is 13.2 Å². The van der Waals surface area contributed by atoms with Crippen molar-refractivity contribution in [2.45, 2.75) is 11.1 Å². The van der Waals surface area contributed by atoms with Crippen molar-refractivity contribution in [3.05, 3.63) is 67.0 Å². The first-order chi connectivity index (χ1) is 16.1. The number of rotatable bonds is 6. The third-order valence-corrected chi connectivity index (χ3v) is 6.36. The van der Waals surface area contributed by atoms with E-state index in [4.69, 9.17) is 14.6 Å². The first kappa shape index (κ1) is 25.0. The van der Waals surface area contributed by atoms with Crippen molar-refractivity contribution in [3.63, 3.8) is 0 Å². The highest BCUT2D eigenvalue weighted by atomic mass is 32.2. The molecule has 34 heavy (non-hydrogen) atoms. The zero-order chi connectivity index (χ0) is 24.9. The number of hydrogen-bond acceptors (Lipinski definition) is 6. The number of pyridine rings is 1. The summed E-state index contributed by atoms with van der Waals surface area (Å²) in [5, 5.41) is 11.7. The molecule has 12 heteroatoms. The Kier molecular flexibility index (Phi) is 7.42. The predicted octanol–water partition coefficient (Wildman–Crippen LogP) is 3.66. The van der Waals surface area contributed by atoms with Crippen LogP contribution in [-0.2, 0) is 14.8 Å². The summed E-state index contributed by atoms with van der Waals surface area (Å²) in [6, 6.07) is 16.0. The van der Waals surface area contributed by atoms with Gasteiger partial charge in [0.1, 0.15) is 17.3 Å². The van der Waals surface area contributed by atoms with E-state index in [0.29, 0.717) is 29.9 Å². The minimum absolute atomic E-state index is 0.180. The first-order valence-corrected chi connectivity index (χ1v) is 11.3. The SMILES string of the molecule is CNCCOc1cccc2c1ccn2S(=O)(=O)c1cccc2cccnc12.O=C(O)C(F)(F)F. The van der Waals surface area contributed by atoms with Crippen LogP contribution in [0.2, 0.25) is 0 Å². The number of para-hydroxylation sites is 1. The molecule has 2 aromatic heterocycles. The van der Waals surface area contributed by atoms with E-state index in [1.54, 1.807) is 48.8 Å². The molecule has 0 aliphatic heterocycles. The molecule has 0 atom stereocenters. The Balaban J connectivity index is 0.000000406. The second kappa shape index (κ2) is 10.1. The van der Waals surface area contributed by atoms with Crippen LogP contribution in [0.15, 0.2) is 71.9 Å². The highest BCUT2D eigenvalue weighted by Crippen LogP contribution is 2.31. The lowest BCUT2D eigenvalue weighted by Crippen LogP contribution is -2.21. The van der Waals surface area contributed by atoms with Gasteiger partial charge in [-0.15, -0.1) is 0 Å². The normalized spacial score (nSPS) is 11.8. The fourth-order valence-electron chi connectivity index (χ4n) is 3.10. The average molecular weight is 495 g/mol. The molecular formula is C22H20F3N3O5S. The molecule has 4 aromatic rings. The molecule has 2 aromatic carbocycles. The van der Waals surface area contributed by atoms with Crippen LogP contribution >= 0.6 is 0 Å². The molecule has 2 heterocycles. The van der Waals surface area contributed by atoms with Gasteiger partial charge in [0.2, 0.25) is 0 Å². The average Bonchev–Trinajstić information content (AvgIpc) is 3.24. The number of aliphatic carboxylic acids is 1. The summed E-state index contributed by atoms with van der Waals surface area (Å²) in [6.45, 7) is 1.21. The summed E-state index contributed by atoms with van der Waals surface area (Å²) in [5.41, 5.74) is 1.04. The van der Waals surface area contributed by atoms with Crippen molar-refractivity contribution in [1.29, 1.82) is 0 Å². The summed E-state index contributed by atoms with van der Waals surface area (Å²) >= 11 is 0. The smallest absolute Gasteiger partial charge is 0.490 e. The Morgan fingerprint density at radius 2 is 1.79 bits per heavy atom. The van der Waals surface area contributed by atoms with Gasteiger partial charge in [-0.05, 0) is 37.4 Å². The molecule has 0 amide bonds. The number of carboxylic acids is 1. The van der Waals surface area contributed by atoms with Crippen LogP contribution in [0, 0.1) is 0 Å². The predicted molar refractivity (Wildman–Crippen MR) is 119 cm³/mol. The fourth-order valence-corrected chi connectivity index (χ4v) is 4.62. The number of carboxylic acid groups (broad SMARTS) is 1. The number of ether oxygens (including phenoxy) is 1. The molecule has 0 saturated carbocycles. The Bertz CT molecular complexity index is 1410. The van der Waals surface area contributed by atoms with Gasteiger partial charge in [-0.1, -0.05) is 24.3 Å². The first-order valence-electron chi connectivity index (χ1n) is 9.84. The molecule has 2 N–H and O–H groups in total. The molecule has 0 fully saturated rings. The third kappa shape index (κ3) is 5.29. The summed E-state index contributed by atoms with van der Waals surface area (Å²) in [5.74, 6) is -2.10. The van der Waals surface area contributed by atoms with E-state index in [0.717, 1.165) is 10.8 Å². The van der Waals surface area contributed by atoms with Crippen molar-refractivity contribution >= 4 is 37.8 Å². The number of fused-ring (bicyclic) bond motifs is 2. The van der Waals surface area contributed by atoms with Crippen molar-refractivity contribution in [3.8, 4) is 5.75 Å². The Hall–Kier alpha value is -3.64. The molecule has 180 valence electrons. The van der Waals surface area contributed by atoms with E-state index in [2.05, 4.69) is 10.3 Å². The van der Waals surface area contributed by atoms with Crippen molar-refractivity contribution < 1.29 is 36.2 Å². The van der Waals surface area contributed by atoms with E-state index in [1.807, 2.05) is 25.2 Å². The minimum Gasteiger partial charge on any atom is -0.492 e. The van der Waals surface area contributed by atoms with E-state index >= 15 is 0 Å². The minimum atomic E-state index is -5.08. The second-order valence-corrected chi connectivity index (χ2v) is 8.68. The van der Waals surface area contributed by atoms with Gasteiger partial charge in [0.25, 0.3) is 10.0 Å². The summed E-state index contributed by atoms with van der Waals surface area (Å²) < 4.78 is 65.5. The number of halogens is 3. The maximum atomic E-state index is 13.4. The molecule has 4 rings (SSSR count). The van der Waals surface area contributed by atoms with E-state index in [-0.39, 0.29) is 4.90 Å². The fraction of sp³-hybridized carbons (Fsp3) is 0.182. The van der Waals surface area contributed by atoms with Gasteiger partial charge in [0.05, 0.1) is 11.0 Å².